The Kier molecular flexibility index (Phi) is 8.54. The van der Waals surface area contributed by atoms with Crippen molar-refractivity contribution in [3.8, 4) is 0 Å². The predicted molar refractivity (Wildman–Crippen MR) is 131 cm³/mol. The molecule has 0 radical (unpaired) electrons. The van der Waals surface area contributed by atoms with E-state index >= 15 is 0 Å². The van der Waals surface area contributed by atoms with Crippen LogP contribution in [0.2, 0.25) is 10.0 Å². The van der Waals surface area contributed by atoms with Gasteiger partial charge in [0.2, 0.25) is 5.91 Å². The van der Waals surface area contributed by atoms with E-state index in [2.05, 4.69) is 20.8 Å². The Balaban J connectivity index is 1.61. The van der Waals surface area contributed by atoms with Crippen molar-refractivity contribution in [2.75, 3.05) is 11.1 Å². The fraction of sp³-hybridized carbons (Fsp3) is 0.227. The Morgan fingerprint density at radius 3 is 2.35 bits per heavy atom. The molecule has 2 aromatic carbocycles. The average Bonchev–Trinajstić information content (AvgIpc) is 3.23. The highest BCUT2D eigenvalue weighted by molar-refractivity contribution is 7.99. The second kappa shape index (κ2) is 11.4. The van der Waals surface area contributed by atoms with Gasteiger partial charge in [-0.15, -0.1) is 10.2 Å². The molecule has 0 unspecified atom stereocenters. The van der Waals surface area contributed by atoms with Crippen molar-refractivity contribution in [3.63, 3.8) is 0 Å². The normalized spacial score (nSPS) is 11.6. The van der Waals surface area contributed by atoms with E-state index in [1.54, 1.807) is 19.1 Å². The summed E-state index contributed by atoms with van der Waals surface area (Å²) >= 11 is 13.1. The molecule has 3 aromatic rings. The van der Waals surface area contributed by atoms with Crippen LogP contribution in [0, 0.1) is 0 Å². The maximum atomic E-state index is 12.6. The van der Waals surface area contributed by atoms with E-state index in [0.29, 0.717) is 33.8 Å². The number of hydrogen-bond donors (Lipinski definition) is 3. The molecule has 3 rings (SSSR count). The van der Waals surface area contributed by atoms with Crippen LogP contribution in [-0.2, 0) is 11.3 Å². The summed E-state index contributed by atoms with van der Waals surface area (Å²) in [5, 5.41) is 24.1. The van der Waals surface area contributed by atoms with Crippen LogP contribution in [0.25, 0.3) is 0 Å². The molecule has 0 spiro atoms. The predicted octanol–water partition coefficient (Wildman–Crippen LogP) is 4.52. The van der Waals surface area contributed by atoms with Crippen LogP contribution in [0.15, 0.2) is 47.6 Å². The number of hydrogen-bond acceptors (Lipinski definition) is 6. The first-order chi connectivity index (χ1) is 16.2. The Labute approximate surface area is 209 Å². The molecular weight excluding hydrogens is 501 g/mol. The standard InChI is InChI=1S/C22H21Cl2N5O4S/c1-3-29-19(12(2)25-20(31)14-6-9-16(23)17(24)10-14)27-28-22(29)34-11-18(30)26-15-7-4-13(5-8-15)21(32)33/h4-10,12H,3,11H2,1-2H3,(H,25,31)(H,26,30)(H,32,33)/t12-/m0/s1. The molecule has 9 nitrogen and oxygen atoms in total. The number of carbonyl (C=O) groups excluding carboxylic acids is 2. The lowest BCUT2D eigenvalue weighted by atomic mass is 10.2. The number of thioether (sulfide) groups is 1. The van der Waals surface area contributed by atoms with E-state index in [-0.39, 0.29) is 28.2 Å². The number of aromatic carboxylic acids is 1. The first-order valence-corrected chi connectivity index (χ1v) is 11.9. The minimum atomic E-state index is -1.04. The van der Waals surface area contributed by atoms with Gasteiger partial charge in [-0.25, -0.2) is 4.79 Å². The largest absolute Gasteiger partial charge is 0.478 e. The molecule has 178 valence electrons. The molecule has 0 saturated carbocycles. The van der Waals surface area contributed by atoms with Crippen molar-refractivity contribution in [3.05, 3.63) is 69.5 Å². The molecule has 34 heavy (non-hydrogen) atoms. The van der Waals surface area contributed by atoms with Gasteiger partial charge >= 0.3 is 5.97 Å². The molecular formula is C22H21Cl2N5O4S. The van der Waals surface area contributed by atoms with Crippen LogP contribution in [0.4, 0.5) is 5.69 Å². The summed E-state index contributed by atoms with van der Waals surface area (Å²) < 4.78 is 1.82. The van der Waals surface area contributed by atoms with Gasteiger partial charge in [0.25, 0.3) is 5.91 Å². The lowest BCUT2D eigenvalue weighted by Gasteiger charge is -2.15. The van der Waals surface area contributed by atoms with Gasteiger partial charge in [0, 0.05) is 17.8 Å². The Hall–Kier alpha value is -3.08. The van der Waals surface area contributed by atoms with Gasteiger partial charge in [-0.1, -0.05) is 35.0 Å². The second-order valence-corrected chi connectivity index (χ2v) is 8.89. The highest BCUT2D eigenvalue weighted by atomic mass is 35.5. The van der Waals surface area contributed by atoms with E-state index in [9.17, 15) is 14.4 Å². The summed E-state index contributed by atoms with van der Waals surface area (Å²) in [6.45, 7) is 4.23. The first kappa shape index (κ1) is 25.5. The fourth-order valence-electron chi connectivity index (χ4n) is 3.03. The van der Waals surface area contributed by atoms with Gasteiger partial charge in [-0.05, 0) is 56.3 Å². The maximum absolute atomic E-state index is 12.6. The zero-order chi connectivity index (χ0) is 24.8. The van der Waals surface area contributed by atoms with Crippen LogP contribution < -0.4 is 10.6 Å². The number of amides is 2. The molecule has 0 aliphatic carbocycles. The van der Waals surface area contributed by atoms with Crippen LogP contribution in [0.5, 0.6) is 0 Å². The summed E-state index contributed by atoms with van der Waals surface area (Å²) in [5.74, 6) is -1.03. The number of carboxylic acids is 1. The zero-order valence-electron chi connectivity index (χ0n) is 18.2. The summed E-state index contributed by atoms with van der Waals surface area (Å²) in [6.07, 6.45) is 0. The molecule has 0 fully saturated rings. The van der Waals surface area contributed by atoms with E-state index in [4.69, 9.17) is 28.3 Å². The Morgan fingerprint density at radius 1 is 1.06 bits per heavy atom. The summed E-state index contributed by atoms with van der Waals surface area (Å²) in [7, 11) is 0. The first-order valence-electron chi connectivity index (χ1n) is 10.1. The second-order valence-electron chi connectivity index (χ2n) is 7.13. The van der Waals surface area contributed by atoms with E-state index in [0.717, 1.165) is 0 Å². The van der Waals surface area contributed by atoms with Crippen molar-refractivity contribution in [2.45, 2.75) is 31.6 Å². The molecule has 1 atom stereocenters. The zero-order valence-corrected chi connectivity index (χ0v) is 20.5. The quantitative estimate of drug-likeness (QED) is 0.353. The van der Waals surface area contributed by atoms with Crippen LogP contribution in [0.1, 0.15) is 46.4 Å². The average molecular weight is 522 g/mol. The van der Waals surface area contributed by atoms with E-state index in [1.165, 1.54) is 42.1 Å². The lowest BCUT2D eigenvalue weighted by molar-refractivity contribution is -0.113. The molecule has 0 bridgehead atoms. The SMILES string of the molecule is CCn1c(SCC(=O)Nc2ccc(C(=O)O)cc2)nnc1[C@H](C)NC(=O)c1ccc(Cl)c(Cl)c1. The minimum Gasteiger partial charge on any atom is -0.478 e. The molecule has 1 heterocycles. The fourth-order valence-corrected chi connectivity index (χ4v) is 4.14. The van der Waals surface area contributed by atoms with Crippen molar-refractivity contribution < 1.29 is 19.5 Å². The third-order valence-electron chi connectivity index (χ3n) is 4.73. The van der Waals surface area contributed by atoms with Gasteiger partial charge in [0.05, 0.1) is 27.4 Å². The number of halogens is 2. The summed E-state index contributed by atoms with van der Waals surface area (Å²) in [4.78, 5) is 35.8. The van der Waals surface area contributed by atoms with Crippen LogP contribution in [0.3, 0.4) is 0 Å². The van der Waals surface area contributed by atoms with Gasteiger partial charge in [-0.2, -0.15) is 0 Å². The molecule has 2 amide bonds. The lowest BCUT2D eigenvalue weighted by Crippen LogP contribution is -2.28. The molecule has 1 aromatic heterocycles. The monoisotopic (exact) mass is 521 g/mol. The molecule has 0 aliphatic heterocycles. The highest BCUT2D eigenvalue weighted by Gasteiger charge is 2.20. The van der Waals surface area contributed by atoms with E-state index < -0.39 is 12.0 Å². The number of nitrogens with one attached hydrogen (secondary N) is 2. The van der Waals surface area contributed by atoms with Gasteiger partial charge in [0.15, 0.2) is 11.0 Å². The number of anilines is 1. The number of carbonyl (C=O) groups is 3. The van der Waals surface area contributed by atoms with Gasteiger partial charge in [0.1, 0.15) is 0 Å². The van der Waals surface area contributed by atoms with Crippen LogP contribution in [-0.4, -0.2) is 43.4 Å². The van der Waals surface area contributed by atoms with Crippen molar-refractivity contribution in [2.24, 2.45) is 0 Å². The number of aromatic nitrogens is 3. The molecule has 0 aliphatic rings. The van der Waals surface area contributed by atoms with Crippen molar-refractivity contribution >= 4 is 58.4 Å². The minimum absolute atomic E-state index is 0.0723. The molecule has 0 saturated heterocycles. The number of carboxylic acid groups (broad SMARTS) is 1. The summed E-state index contributed by atoms with van der Waals surface area (Å²) in [5.41, 5.74) is 0.995. The summed E-state index contributed by atoms with van der Waals surface area (Å²) in [6, 6.07) is 10.1. The van der Waals surface area contributed by atoms with Crippen LogP contribution >= 0.6 is 35.0 Å². The number of nitrogens with zero attached hydrogens (tertiary/aromatic N) is 3. The number of benzene rings is 2. The van der Waals surface area contributed by atoms with E-state index in [1.807, 2.05) is 11.5 Å². The molecule has 12 heteroatoms. The number of rotatable bonds is 9. The molecule has 3 N–H and O–H groups in total. The third-order valence-corrected chi connectivity index (χ3v) is 6.43. The van der Waals surface area contributed by atoms with Gasteiger partial charge in [-0.3, -0.25) is 9.59 Å². The third kappa shape index (κ3) is 6.28. The maximum Gasteiger partial charge on any atom is 0.335 e. The Morgan fingerprint density at radius 2 is 1.74 bits per heavy atom. The smallest absolute Gasteiger partial charge is 0.335 e. The van der Waals surface area contributed by atoms with Crippen molar-refractivity contribution in [1.29, 1.82) is 0 Å². The highest BCUT2D eigenvalue weighted by Crippen LogP contribution is 2.24. The topological polar surface area (TPSA) is 126 Å². The van der Waals surface area contributed by atoms with Gasteiger partial charge < -0.3 is 20.3 Å². The Bertz CT molecular complexity index is 1220. The van der Waals surface area contributed by atoms with Crippen molar-refractivity contribution in [1.82, 2.24) is 20.1 Å².